The maximum atomic E-state index is 5.57. The Balaban J connectivity index is 1.73. The van der Waals surface area contributed by atoms with E-state index in [9.17, 15) is 0 Å². The van der Waals surface area contributed by atoms with Crippen LogP contribution in [0.1, 0.15) is 30.3 Å². The molecule has 5 heteroatoms. The molecule has 1 aromatic carbocycles. The zero-order valence-electron chi connectivity index (χ0n) is 14.0. The molecular weight excluding hydrogens is 328 g/mol. The summed E-state index contributed by atoms with van der Waals surface area (Å²) < 4.78 is 2.15. The molecule has 0 aliphatic carbocycles. The van der Waals surface area contributed by atoms with Gasteiger partial charge in [0.2, 0.25) is 0 Å². The summed E-state index contributed by atoms with van der Waals surface area (Å²) >= 11 is 5.57. The van der Waals surface area contributed by atoms with Crippen molar-refractivity contribution in [2.45, 2.75) is 19.0 Å². The van der Waals surface area contributed by atoms with Crippen molar-refractivity contribution in [2.75, 3.05) is 6.54 Å². The SMILES string of the molecule is CCN1C(=S)N[C@H](c2ccccn2)[C@H]1c1ccn(-c2ccccc2)c1. The number of thiocarbonyl (C=S) groups is 1. The summed E-state index contributed by atoms with van der Waals surface area (Å²) in [4.78, 5) is 6.78. The normalized spacial score (nSPS) is 19.9. The van der Waals surface area contributed by atoms with Gasteiger partial charge >= 0.3 is 0 Å². The molecule has 1 saturated heterocycles. The first-order chi connectivity index (χ1) is 12.3. The maximum Gasteiger partial charge on any atom is 0.170 e. The third-order valence-electron chi connectivity index (χ3n) is 4.65. The van der Waals surface area contributed by atoms with E-state index in [1.807, 2.05) is 24.4 Å². The van der Waals surface area contributed by atoms with Gasteiger partial charge in [-0.25, -0.2) is 0 Å². The first-order valence-corrected chi connectivity index (χ1v) is 8.90. The molecule has 1 fully saturated rings. The summed E-state index contributed by atoms with van der Waals surface area (Å²) in [6.07, 6.45) is 6.13. The zero-order valence-corrected chi connectivity index (χ0v) is 14.9. The van der Waals surface area contributed by atoms with Crippen LogP contribution < -0.4 is 5.32 Å². The summed E-state index contributed by atoms with van der Waals surface area (Å²) in [7, 11) is 0. The van der Waals surface area contributed by atoms with Crippen LogP contribution in [0.2, 0.25) is 0 Å². The molecule has 1 aliphatic rings. The second-order valence-corrected chi connectivity index (χ2v) is 6.49. The van der Waals surface area contributed by atoms with E-state index in [1.54, 1.807) is 0 Å². The Bertz CT molecular complexity index is 860. The van der Waals surface area contributed by atoms with Gasteiger partial charge in [-0.2, -0.15) is 0 Å². The van der Waals surface area contributed by atoms with Crippen LogP contribution in [0.25, 0.3) is 5.69 Å². The topological polar surface area (TPSA) is 33.1 Å². The molecule has 0 amide bonds. The standard InChI is InChI=1S/C20H20N4S/c1-2-24-19(18(22-20(24)25)17-10-6-7-12-21-17)15-11-13-23(14-15)16-8-4-3-5-9-16/h3-14,18-19H,2H2,1H3,(H,22,25)/t18-,19-/m1/s1. The molecule has 0 saturated carbocycles. The molecule has 3 aromatic rings. The van der Waals surface area contributed by atoms with E-state index in [2.05, 4.69) is 75.5 Å². The highest BCUT2D eigenvalue weighted by molar-refractivity contribution is 7.80. The van der Waals surface area contributed by atoms with Crippen LogP contribution in [0.5, 0.6) is 0 Å². The minimum atomic E-state index is 0.0558. The molecule has 2 atom stereocenters. The van der Waals surface area contributed by atoms with Gasteiger partial charge in [-0.05, 0) is 55.0 Å². The molecule has 0 unspecified atom stereocenters. The van der Waals surface area contributed by atoms with Gasteiger partial charge < -0.3 is 14.8 Å². The minimum Gasteiger partial charge on any atom is -0.352 e. The fraction of sp³-hybridized carbons (Fsp3) is 0.200. The Morgan fingerprint density at radius 2 is 1.88 bits per heavy atom. The van der Waals surface area contributed by atoms with Crippen LogP contribution in [0.4, 0.5) is 0 Å². The Morgan fingerprint density at radius 3 is 2.60 bits per heavy atom. The number of hydrogen-bond donors (Lipinski definition) is 1. The van der Waals surface area contributed by atoms with Gasteiger partial charge in [0.25, 0.3) is 0 Å². The lowest BCUT2D eigenvalue weighted by atomic mass is 9.99. The van der Waals surface area contributed by atoms with E-state index in [-0.39, 0.29) is 12.1 Å². The van der Waals surface area contributed by atoms with Gasteiger partial charge in [0.15, 0.2) is 5.11 Å². The van der Waals surface area contributed by atoms with Crippen LogP contribution in [-0.2, 0) is 0 Å². The lowest BCUT2D eigenvalue weighted by Gasteiger charge is -2.25. The lowest BCUT2D eigenvalue weighted by molar-refractivity contribution is 0.331. The van der Waals surface area contributed by atoms with Crippen molar-refractivity contribution in [3.05, 3.63) is 84.4 Å². The average molecular weight is 348 g/mol. The molecule has 0 bridgehead atoms. The number of pyridine rings is 1. The van der Waals surface area contributed by atoms with Crippen molar-refractivity contribution in [3.8, 4) is 5.69 Å². The van der Waals surface area contributed by atoms with Gasteiger partial charge in [0.05, 0.1) is 17.8 Å². The smallest absolute Gasteiger partial charge is 0.170 e. The molecule has 1 aliphatic heterocycles. The molecule has 3 heterocycles. The van der Waals surface area contributed by atoms with Crippen molar-refractivity contribution in [3.63, 3.8) is 0 Å². The highest BCUT2D eigenvalue weighted by Gasteiger charge is 2.39. The first-order valence-electron chi connectivity index (χ1n) is 8.49. The van der Waals surface area contributed by atoms with E-state index < -0.39 is 0 Å². The molecule has 4 rings (SSSR count). The zero-order chi connectivity index (χ0) is 17.2. The number of nitrogens with zero attached hydrogens (tertiary/aromatic N) is 3. The maximum absolute atomic E-state index is 5.57. The van der Waals surface area contributed by atoms with E-state index in [4.69, 9.17) is 12.2 Å². The molecule has 0 radical (unpaired) electrons. The predicted octanol–water partition coefficient (Wildman–Crippen LogP) is 3.86. The summed E-state index contributed by atoms with van der Waals surface area (Å²) in [5.41, 5.74) is 3.40. The number of hydrogen-bond acceptors (Lipinski definition) is 2. The van der Waals surface area contributed by atoms with Crippen molar-refractivity contribution >= 4 is 17.3 Å². The Morgan fingerprint density at radius 1 is 1.08 bits per heavy atom. The number of nitrogens with one attached hydrogen (secondary N) is 1. The van der Waals surface area contributed by atoms with Crippen molar-refractivity contribution in [1.82, 2.24) is 19.8 Å². The van der Waals surface area contributed by atoms with Crippen LogP contribution >= 0.6 is 12.2 Å². The summed E-state index contributed by atoms with van der Waals surface area (Å²) in [5.74, 6) is 0. The van der Waals surface area contributed by atoms with Crippen molar-refractivity contribution in [1.29, 1.82) is 0 Å². The number of para-hydroxylation sites is 1. The number of likely N-dealkylation sites (N-methyl/N-ethyl adjacent to an activating group) is 1. The van der Waals surface area contributed by atoms with Crippen LogP contribution in [0.15, 0.2) is 73.2 Å². The molecule has 1 N–H and O–H groups in total. The average Bonchev–Trinajstić information content (AvgIpc) is 3.27. The van der Waals surface area contributed by atoms with E-state index in [1.165, 1.54) is 5.56 Å². The van der Waals surface area contributed by atoms with Crippen molar-refractivity contribution < 1.29 is 0 Å². The number of benzene rings is 1. The predicted molar refractivity (Wildman–Crippen MR) is 104 cm³/mol. The second-order valence-electron chi connectivity index (χ2n) is 6.10. The third-order valence-corrected chi connectivity index (χ3v) is 5.00. The van der Waals surface area contributed by atoms with Gasteiger partial charge in [-0.3, -0.25) is 4.98 Å². The molecule has 25 heavy (non-hydrogen) atoms. The Labute approximate surface area is 153 Å². The number of aromatic nitrogens is 2. The van der Waals surface area contributed by atoms with Gasteiger partial charge in [0, 0.05) is 30.8 Å². The summed E-state index contributed by atoms with van der Waals surface area (Å²) in [6.45, 7) is 2.99. The van der Waals surface area contributed by atoms with Gasteiger partial charge in [-0.1, -0.05) is 24.3 Å². The second kappa shape index (κ2) is 6.69. The lowest BCUT2D eigenvalue weighted by Crippen LogP contribution is -2.29. The number of rotatable bonds is 4. The van der Waals surface area contributed by atoms with Crippen molar-refractivity contribution in [2.24, 2.45) is 0 Å². The molecule has 4 nitrogen and oxygen atoms in total. The minimum absolute atomic E-state index is 0.0558. The monoisotopic (exact) mass is 348 g/mol. The first kappa shape index (κ1) is 15.8. The molecular formula is C20H20N4S. The van der Waals surface area contributed by atoms with Gasteiger partial charge in [-0.15, -0.1) is 0 Å². The summed E-state index contributed by atoms with van der Waals surface area (Å²) in [5, 5.41) is 4.24. The highest BCUT2D eigenvalue weighted by atomic mass is 32.1. The molecule has 2 aromatic heterocycles. The van der Waals surface area contributed by atoms with Crippen LogP contribution in [-0.4, -0.2) is 26.1 Å². The van der Waals surface area contributed by atoms with E-state index in [0.717, 1.165) is 23.0 Å². The van der Waals surface area contributed by atoms with Gasteiger partial charge in [0.1, 0.15) is 0 Å². The van der Waals surface area contributed by atoms with Crippen LogP contribution in [0.3, 0.4) is 0 Å². The Hall–Kier alpha value is -2.66. The van der Waals surface area contributed by atoms with E-state index in [0.29, 0.717) is 0 Å². The third kappa shape index (κ3) is 2.91. The molecule has 126 valence electrons. The fourth-order valence-electron chi connectivity index (χ4n) is 3.46. The van der Waals surface area contributed by atoms with E-state index >= 15 is 0 Å². The highest BCUT2D eigenvalue weighted by Crippen LogP contribution is 2.38. The fourth-order valence-corrected chi connectivity index (χ4v) is 3.83. The summed E-state index contributed by atoms with van der Waals surface area (Å²) in [6, 6.07) is 18.7. The largest absolute Gasteiger partial charge is 0.352 e. The Kier molecular flexibility index (Phi) is 4.24. The molecule has 0 spiro atoms. The quantitative estimate of drug-likeness (QED) is 0.726. The van der Waals surface area contributed by atoms with Crippen LogP contribution in [0, 0.1) is 0 Å².